The highest BCUT2D eigenvalue weighted by Crippen LogP contribution is 2.23. The molecule has 6 heteroatoms. The van der Waals surface area contributed by atoms with Crippen LogP contribution in [0.3, 0.4) is 0 Å². The highest BCUT2D eigenvalue weighted by molar-refractivity contribution is 7.13. The number of thiophene rings is 1. The Labute approximate surface area is 143 Å². The summed E-state index contributed by atoms with van der Waals surface area (Å²) >= 11 is 3.23. The number of aromatic nitrogens is 2. The molecule has 0 bridgehead atoms. The Morgan fingerprint density at radius 1 is 1.26 bits per heavy atom. The van der Waals surface area contributed by atoms with E-state index in [1.165, 1.54) is 4.88 Å². The maximum atomic E-state index is 12.5. The Hall–Kier alpha value is -2.05. The molecule has 0 unspecified atom stereocenters. The van der Waals surface area contributed by atoms with E-state index in [-0.39, 0.29) is 5.91 Å². The van der Waals surface area contributed by atoms with Gasteiger partial charge in [0.15, 0.2) is 0 Å². The van der Waals surface area contributed by atoms with Crippen molar-refractivity contribution in [3.63, 3.8) is 0 Å². The third-order valence-electron chi connectivity index (χ3n) is 3.45. The topological polar surface area (TPSA) is 46.1 Å². The van der Waals surface area contributed by atoms with Gasteiger partial charge in [-0.25, -0.2) is 4.98 Å². The fourth-order valence-corrected chi connectivity index (χ4v) is 3.77. The highest BCUT2D eigenvalue weighted by atomic mass is 32.1. The number of hydrogen-bond acceptors (Lipinski definition) is 5. The van der Waals surface area contributed by atoms with Crippen LogP contribution in [0.2, 0.25) is 0 Å². The van der Waals surface area contributed by atoms with Crippen LogP contribution in [0.25, 0.3) is 10.6 Å². The van der Waals surface area contributed by atoms with Gasteiger partial charge < -0.3 is 4.90 Å². The molecule has 0 radical (unpaired) electrons. The van der Waals surface area contributed by atoms with Gasteiger partial charge in [0.05, 0.1) is 18.7 Å². The van der Waals surface area contributed by atoms with Crippen molar-refractivity contribution in [1.29, 1.82) is 0 Å². The molecule has 0 saturated carbocycles. The summed E-state index contributed by atoms with van der Waals surface area (Å²) in [5, 5.41) is 4.90. The average Bonchev–Trinajstić information content (AvgIpc) is 3.25. The lowest BCUT2D eigenvalue weighted by Crippen LogP contribution is -2.31. The second-order valence-corrected chi connectivity index (χ2v) is 6.94. The number of pyridine rings is 1. The minimum atomic E-state index is 0.115. The summed E-state index contributed by atoms with van der Waals surface area (Å²) < 4.78 is 0. The quantitative estimate of drug-likeness (QED) is 0.683. The number of hydrogen-bond donors (Lipinski definition) is 0. The summed E-state index contributed by atoms with van der Waals surface area (Å²) in [4.78, 5) is 24.2. The van der Waals surface area contributed by atoms with Crippen molar-refractivity contribution in [3.8, 4) is 10.6 Å². The summed E-state index contributed by atoms with van der Waals surface area (Å²) in [6.45, 7) is 3.39. The molecular formula is C17H17N3OS2. The first kappa shape index (κ1) is 15.8. The van der Waals surface area contributed by atoms with Crippen molar-refractivity contribution in [3.05, 3.63) is 58.0 Å². The van der Waals surface area contributed by atoms with Crippen LogP contribution in [0.15, 0.2) is 47.4 Å². The zero-order valence-corrected chi connectivity index (χ0v) is 14.4. The van der Waals surface area contributed by atoms with Crippen molar-refractivity contribution >= 4 is 28.6 Å². The molecule has 0 saturated heterocycles. The molecule has 0 fully saturated rings. The van der Waals surface area contributed by atoms with Crippen LogP contribution >= 0.6 is 22.7 Å². The van der Waals surface area contributed by atoms with Crippen LogP contribution < -0.4 is 0 Å². The summed E-state index contributed by atoms with van der Waals surface area (Å²) in [5.74, 6) is 0.115. The van der Waals surface area contributed by atoms with Gasteiger partial charge >= 0.3 is 0 Å². The zero-order valence-electron chi connectivity index (χ0n) is 12.8. The van der Waals surface area contributed by atoms with Gasteiger partial charge in [0.1, 0.15) is 5.01 Å². The number of thiazole rings is 1. The predicted octanol–water partition coefficient (Wildman–Crippen LogP) is 3.86. The van der Waals surface area contributed by atoms with E-state index in [1.807, 2.05) is 40.8 Å². The van der Waals surface area contributed by atoms with Gasteiger partial charge in [0.25, 0.3) is 0 Å². The van der Waals surface area contributed by atoms with E-state index in [2.05, 4.69) is 16.0 Å². The molecule has 0 spiro atoms. The van der Waals surface area contributed by atoms with Crippen LogP contribution in [0, 0.1) is 0 Å². The van der Waals surface area contributed by atoms with E-state index in [1.54, 1.807) is 35.1 Å². The smallest absolute Gasteiger partial charge is 0.228 e. The zero-order chi connectivity index (χ0) is 16.1. The Bertz CT molecular complexity index is 753. The molecule has 0 aliphatic rings. The third kappa shape index (κ3) is 4.03. The number of rotatable bonds is 6. The first-order chi connectivity index (χ1) is 11.3. The monoisotopic (exact) mass is 343 g/mol. The second kappa shape index (κ2) is 7.48. The summed E-state index contributed by atoms with van der Waals surface area (Å²) in [6, 6.07) is 7.94. The van der Waals surface area contributed by atoms with E-state index in [0.29, 0.717) is 19.5 Å². The molecule has 3 aromatic rings. The van der Waals surface area contributed by atoms with Crippen LogP contribution in [0.4, 0.5) is 0 Å². The molecule has 3 heterocycles. The van der Waals surface area contributed by atoms with E-state index in [4.69, 9.17) is 0 Å². The number of carbonyl (C=O) groups excluding carboxylic acids is 1. The second-order valence-electron chi connectivity index (χ2n) is 5.05. The number of nitrogens with zero attached hydrogens (tertiary/aromatic N) is 3. The maximum absolute atomic E-state index is 12.5. The van der Waals surface area contributed by atoms with Crippen molar-refractivity contribution in [1.82, 2.24) is 14.9 Å². The standard InChI is InChI=1S/C17H17N3OS2/c1-2-20(11-15-6-4-8-22-15)16(21)9-14-12-23-17(19-14)13-5-3-7-18-10-13/h3-8,10,12H,2,9,11H2,1H3. The van der Waals surface area contributed by atoms with Crippen molar-refractivity contribution in [2.45, 2.75) is 19.9 Å². The molecule has 3 aromatic heterocycles. The molecule has 118 valence electrons. The number of likely N-dealkylation sites (N-methyl/N-ethyl adjacent to an activating group) is 1. The fourth-order valence-electron chi connectivity index (χ4n) is 2.24. The minimum absolute atomic E-state index is 0.115. The van der Waals surface area contributed by atoms with Crippen LogP contribution in [0.5, 0.6) is 0 Å². The molecule has 0 aliphatic carbocycles. The summed E-state index contributed by atoms with van der Waals surface area (Å²) in [6.07, 6.45) is 3.88. The van der Waals surface area contributed by atoms with Gasteiger partial charge in [0, 0.05) is 34.8 Å². The van der Waals surface area contributed by atoms with Gasteiger partial charge in [0.2, 0.25) is 5.91 Å². The van der Waals surface area contributed by atoms with Gasteiger partial charge in [-0.15, -0.1) is 22.7 Å². The Kier molecular flexibility index (Phi) is 5.15. The lowest BCUT2D eigenvalue weighted by atomic mass is 10.2. The molecule has 0 N–H and O–H groups in total. The predicted molar refractivity (Wildman–Crippen MR) is 94.5 cm³/mol. The van der Waals surface area contributed by atoms with Crippen LogP contribution in [-0.4, -0.2) is 27.3 Å². The van der Waals surface area contributed by atoms with Crippen LogP contribution in [0.1, 0.15) is 17.5 Å². The maximum Gasteiger partial charge on any atom is 0.228 e. The summed E-state index contributed by atoms with van der Waals surface area (Å²) in [5.41, 5.74) is 1.81. The van der Waals surface area contributed by atoms with Crippen molar-refractivity contribution in [2.24, 2.45) is 0 Å². The Morgan fingerprint density at radius 2 is 2.17 bits per heavy atom. The Morgan fingerprint density at radius 3 is 2.87 bits per heavy atom. The molecule has 3 rings (SSSR count). The average molecular weight is 343 g/mol. The molecule has 0 aromatic carbocycles. The van der Waals surface area contributed by atoms with Crippen molar-refractivity contribution < 1.29 is 4.79 Å². The van der Waals surface area contributed by atoms with Gasteiger partial charge in [-0.05, 0) is 30.5 Å². The lowest BCUT2D eigenvalue weighted by Gasteiger charge is -2.19. The minimum Gasteiger partial charge on any atom is -0.337 e. The highest BCUT2D eigenvalue weighted by Gasteiger charge is 2.15. The van der Waals surface area contributed by atoms with Gasteiger partial charge in [-0.1, -0.05) is 6.07 Å². The molecular weight excluding hydrogens is 326 g/mol. The molecule has 1 amide bonds. The van der Waals surface area contributed by atoms with Crippen LogP contribution in [-0.2, 0) is 17.8 Å². The molecule has 0 atom stereocenters. The first-order valence-corrected chi connectivity index (χ1v) is 9.17. The van der Waals surface area contributed by atoms with Gasteiger partial charge in [-0.3, -0.25) is 9.78 Å². The van der Waals surface area contributed by atoms with E-state index >= 15 is 0 Å². The fraction of sp³-hybridized carbons (Fsp3) is 0.235. The third-order valence-corrected chi connectivity index (χ3v) is 5.26. The van der Waals surface area contributed by atoms with E-state index in [9.17, 15) is 4.79 Å². The molecule has 23 heavy (non-hydrogen) atoms. The first-order valence-electron chi connectivity index (χ1n) is 7.41. The summed E-state index contributed by atoms with van der Waals surface area (Å²) in [7, 11) is 0. The van der Waals surface area contributed by atoms with E-state index < -0.39 is 0 Å². The number of carbonyl (C=O) groups is 1. The van der Waals surface area contributed by atoms with Gasteiger partial charge in [-0.2, -0.15) is 0 Å². The normalized spacial score (nSPS) is 10.7. The largest absolute Gasteiger partial charge is 0.337 e. The number of amides is 1. The molecule has 4 nitrogen and oxygen atoms in total. The SMILES string of the molecule is CCN(Cc1cccs1)C(=O)Cc1csc(-c2cccnc2)n1. The lowest BCUT2D eigenvalue weighted by molar-refractivity contribution is -0.130. The Balaban J connectivity index is 1.66. The van der Waals surface area contributed by atoms with E-state index in [0.717, 1.165) is 16.3 Å². The van der Waals surface area contributed by atoms with Crippen molar-refractivity contribution in [2.75, 3.05) is 6.54 Å². The molecule has 0 aliphatic heterocycles.